The highest BCUT2D eigenvalue weighted by Gasteiger charge is 2.44. The molecule has 1 aliphatic rings. The summed E-state index contributed by atoms with van der Waals surface area (Å²) in [7, 11) is 0. The Labute approximate surface area is 226 Å². The van der Waals surface area contributed by atoms with Gasteiger partial charge in [-0.25, -0.2) is 18.0 Å². The molecule has 1 saturated carbocycles. The number of amides is 2. The summed E-state index contributed by atoms with van der Waals surface area (Å²) in [5, 5.41) is 5.33. The molecule has 1 heterocycles. The Bertz CT molecular complexity index is 1350. The molecule has 3 aromatic rings. The van der Waals surface area contributed by atoms with Gasteiger partial charge in [0.15, 0.2) is 0 Å². The van der Waals surface area contributed by atoms with Crippen LogP contribution in [0.3, 0.4) is 0 Å². The van der Waals surface area contributed by atoms with E-state index in [2.05, 4.69) is 22.2 Å². The summed E-state index contributed by atoms with van der Waals surface area (Å²) in [4.78, 5) is 17.6. The highest BCUT2D eigenvalue weighted by Crippen LogP contribution is 2.43. The van der Waals surface area contributed by atoms with Crippen molar-refractivity contribution in [2.75, 3.05) is 0 Å². The maximum Gasteiger partial charge on any atom is 0.416 e. The number of rotatable bonds is 6. The van der Waals surface area contributed by atoms with Crippen LogP contribution in [0.1, 0.15) is 48.1 Å². The largest absolute Gasteiger partial charge is 0.416 e. The zero-order valence-corrected chi connectivity index (χ0v) is 21.2. The number of nitrogens with one attached hydrogen (secondary N) is 2. The zero-order valence-electron chi connectivity index (χ0n) is 20.5. The van der Waals surface area contributed by atoms with Crippen molar-refractivity contribution >= 4 is 23.2 Å². The fourth-order valence-electron chi connectivity index (χ4n) is 4.80. The summed E-state index contributed by atoms with van der Waals surface area (Å²) in [5.41, 5.74) is -3.26. The molecular weight excluding hydrogens is 544 g/mol. The molecule has 0 aliphatic heterocycles. The van der Waals surface area contributed by atoms with E-state index in [1.54, 1.807) is 30.3 Å². The number of pyridine rings is 1. The van der Waals surface area contributed by atoms with Gasteiger partial charge in [0.2, 0.25) is 5.92 Å². The van der Waals surface area contributed by atoms with Crippen LogP contribution in [0, 0.1) is 5.82 Å². The smallest absolute Gasteiger partial charge is 0.335 e. The standard InChI is InChI=1S/C28H24ClF6N3O/c1-17(18-6-3-2-4-7-18)27(24-10-9-21(29)16-36-24,19-12-20(28(33,34)35)14-22(30)13-19)38-25(39)37-23-8-5-11-26(31,32)15-23/h2-4,6-7,9-10,12-14,16,23H,1,5,8,11,15H2,(H2,37,38,39). The first-order valence-electron chi connectivity index (χ1n) is 12.0. The topological polar surface area (TPSA) is 54.0 Å². The summed E-state index contributed by atoms with van der Waals surface area (Å²) in [6.45, 7) is 4.08. The van der Waals surface area contributed by atoms with E-state index in [4.69, 9.17) is 11.6 Å². The van der Waals surface area contributed by atoms with Crippen molar-refractivity contribution in [3.63, 3.8) is 0 Å². The first kappa shape index (κ1) is 28.5. The number of halogens is 7. The molecule has 0 saturated heterocycles. The molecule has 2 atom stereocenters. The van der Waals surface area contributed by atoms with Crippen molar-refractivity contribution in [2.45, 2.75) is 49.4 Å². The number of alkyl halides is 5. The fourth-order valence-corrected chi connectivity index (χ4v) is 4.91. The van der Waals surface area contributed by atoms with Gasteiger partial charge in [0, 0.05) is 25.1 Å². The summed E-state index contributed by atoms with van der Waals surface area (Å²) in [6.07, 6.45) is -4.14. The Hall–Kier alpha value is -3.53. The molecule has 206 valence electrons. The van der Waals surface area contributed by atoms with Gasteiger partial charge in [-0.3, -0.25) is 4.98 Å². The van der Waals surface area contributed by atoms with Crippen LogP contribution in [0.2, 0.25) is 5.02 Å². The molecule has 2 unspecified atom stereocenters. The Morgan fingerprint density at radius 3 is 2.36 bits per heavy atom. The van der Waals surface area contributed by atoms with Gasteiger partial charge < -0.3 is 10.6 Å². The number of hydrogen-bond donors (Lipinski definition) is 2. The quantitative estimate of drug-likeness (QED) is 0.300. The summed E-state index contributed by atoms with van der Waals surface area (Å²) < 4.78 is 84.1. The Morgan fingerprint density at radius 2 is 1.74 bits per heavy atom. The average molecular weight is 568 g/mol. The molecule has 0 bridgehead atoms. The van der Waals surface area contributed by atoms with E-state index < -0.39 is 47.5 Å². The summed E-state index contributed by atoms with van der Waals surface area (Å²) >= 11 is 6.01. The number of nitrogens with zero attached hydrogens (tertiary/aromatic N) is 1. The maximum absolute atomic E-state index is 14.7. The van der Waals surface area contributed by atoms with Crippen LogP contribution in [0.4, 0.5) is 31.1 Å². The average Bonchev–Trinajstić information content (AvgIpc) is 2.86. The normalized spacial score (nSPS) is 18.6. The Morgan fingerprint density at radius 1 is 1.05 bits per heavy atom. The third kappa shape index (κ3) is 6.38. The van der Waals surface area contributed by atoms with Crippen LogP contribution in [0.15, 0.2) is 73.4 Å². The number of hydrogen-bond acceptors (Lipinski definition) is 2. The molecule has 11 heteroatoms. The molecule has 1 aliphatic carbocycles. The third-order valence-electron chi connectivity index (χ3n) is 6.62. The van der Waals surface area contributed by atoms with Crippen molar-refractivity contribution in [1.82, 2.24) is 15.6 Å². The molecule has 2 amide bonds. The molecule has 2 aromatic carbocycles. The van der Waals surface area contributed by atoms with Crippen molar-refractivity contribution in [3.05, 3.63) is 107 Å². The number of benzene rings is 2. The van der Waals surface area contributed by atoms with E-state index in [0.29, 0.717) is 17.7 Å². The minimum absolute atomic E-state index is 0.0244. The molecule has 0 spiro atoms. The lowest BCUT2D eigenvalue weighted by Gasteiger charge is -2.38. The van der Waals surface area contributed by atoms with Crippen molar-refractivity contribution in [2.24, 2.45) is 0 Å². The number of carbonyl (C=O) groups is 1. The highest BCUT2D eigenvalue weighted by atomic mass is 35.5. The minimum atomic E-state index is -4.92. The second kappa shape index (κ2) is 10.9. The van der Waals surface area contributed by atoms with Crippen molar-refractivity contribution < 1.29 is 31.1 Å². The van der Waals surface area contributed by atoms with Crippen molar-refractivity contribution in [1.29, 1.82) is 0 Å². The predicted molar refractivity (Wildman–Crippen MR) is 136 cm³/mol. The molecular formula is C28H24ClF6N3O. The first-order valence-corrected chi connectivity index (χ1v) is 12.4. The third-order valence-corrected chi connectivity index (χ3v) is 6.84. The van der Waals surface area contributed by atoms with E-state index in [9.17, 15) is 31.1 Å². The van der Waals surface area contributed by atoms with Gasteiger partial charge in [0.1, 0.15) is 11.4 Å². The van der Waals surface area contributed by atoms with Crippen molar-refractivity contribution in [3.8, 4) is 0 Å². The molecule has 2 N–H and O–H groups in total. The van der Waals surface area contributed by atoms with Gasteiger partial charge in [-0.2, -0.15) is 13.2 Å². The van der Waals surface area contributed by atoms with Gasteiger partial charge >= 0.3 is 12.2 Å². The van der Waals surface area contributed by atoms with Crippen LogP contribution in [-0.4, -0.2) is 23.0 Å². The molecule has 4 nitrogen and oxygen atoms in total. The second-order valence-corrected chi connectivity index (χ2v) is 9.87. The first-order chi connectivity index (χ1) is 18.3. The van der Waals surface area contributed by atoms with Crippen LogP contribution in [0.5, 0.6) is 0 Å². The molecule has 1 fully saturated rings. The van der Waals surface area contributed by atoms with Crippen LogP contribution >= 0.6 is 11.6 Å². The lowest BCUT2D eigenvalue weighted by atomic mass is 9.76. The molecule has 39 heavy (non-hydrogen) atoms. The Kier molecular flexibility index (Phi) is 7.97. The monoisotopic (exact) mass is 567 g/mol. The molecule has 1 aromatic heterocycles. The number of aromatic nitrogens is 1. The molecule has 0 radical (unpaired) electrons. The van der Waals surface area contributed by atoms with E-state index in [1.807, 2.05) is 0 Å². The lowest BCUT2D eigenvalue weighted by molar-refractivity contribution is -0.137. The fraction of sp³-hybridized carbons (Fsp3) is 0.286. The summed E-state index contributed by atoms with van der Waals surface area (Å²) in [5.74, 6) is -4.18. The van der Waals surface area contributed by atoms with Gasteiger partial charge in [-0.1, -0.05) is 48.5 Å². The maximum atomic E-state index is 14.7. The van der Waals surface area contributed by atoms with Crippen LogP contribution < -0.4 is 10.6 Å². The van der Waals surface area contributed by atoms with E-state index in [1.165, 1.54) is 18.3 Å². The van der Waals surface area contributed by atoms with Gasteiger partial charge in [-0.15, -0.1) is 0 Å². The SMILES string of the molecule is C=C(c1ccccc1)C(NC(=O)NC1CCCC(F)(F)C1)(c1cc(F)cc(C(F)(F)F)c1)c1ccc(Cl)cn1. The number of urea groups is 1. The molecule has 4 rings (SSSR count). The Balaban J connectivity index is 1.90. The number of carbonyl (C=O) groups excluding carboxylic acids is 1. The summed E-state index contributed by atoms with van der Waals surface area (Å²) in [6, 6.07) is 11.0. The van der Waals surface area contributed by atoms with E-state index in [0.717, 1.165) is 6.07 Å². The second-order valence-electron chi connectivity index (χ2n) is 9.43. The van der Waals surface area contributed by atoms with E-state index >= 15 is 0 Å². The van der Waals surface area contributed by atoms with Gasteiger partial charge in [0.25, 0.3) is 0 Å². The zero-order chi connectivity index (χ0) is 28.4. The van der Waals surface area contributed by atoms with Crippen LogP contribution in [0.25, 0.3) is 5.57 Å². The highest BCUT2D eigenvalue weighted by molar-refractivity contribution is 6.30. The van der Waals surface area contributed by atoms with E-state index in [-0.39, 0.29) is 41.1 Å². The lowest BCUT2D eigenvalue weighted by Crippen LogP contribution is -2.54. The van der Waals surface area contributed by atoms with Gasteiger partial charge in [-0.05, 0) is 59.9 Å². The van der Waals surface area contributed by atoms with Gasteiger partial charge in [0.05, 0.1) is 16.3 Å². The van der Waals surface area contributed by atoms with Crippen LogP contribution in [-0.2, 0) is 11.7 Å². The predicted octanol–water partition coefficient (Wildman–Crippen LogP) is 7.73. The minimum Gasteiger partial charge on any atom is -0.335 e.